The molecule has 0 aliphatic carbocycles. The zero-order valence-corrected chi connectivity index (χ0v) is 11.2. The van der Waals surface area contributed by atoms with Crippen LogP contribution in [-0.2, 0) is 11.3 Å². The van der Waals surface area contributed by atoms with E-state index in [-0.39, 0.29) is 12.2 Å². The number of carbonyl (C=O) groups is 2. The Morgan fingerprint density at radius 1 is 1.19 bits per heavy atom. The summed E-state index contributed by atoms with van der Waals surface area (Å²) in [5.74, 6) is -1.72. The molecule has 0 fully saturated rings. The first-order valence-corrected chi connectivity index (χ1v) is 6.14. The maximum atomic E-state index is 11.8. The molecule has 0 spiro atoms. The van der Waals surface area contributed by atoms with Crippen molar-refractivity contribution in [3.05, 3.63) is 58.0 Å². The molecule has 1 aromatic heterocycles. The Morgan fingerprint density at radius 2 is 1.86 bits per heavy atom. The maximum absolute atomic E-state index is 11.8. The van der Waals surface area contributed by atoms with E-state index in [1.54, 1.807) is 12.1 Å². The van der Waals surface area contributed by atoms with Crippen molar-refractivity contribution in [2.45, 2.75) is 13.5 Å². The van der Waals surface area contributed by atoms with Crippen LogP contribution in [0.25, 0.3) is 0 Å². The van der Waals surface area contributed by atoms with Gasteiger partial charge in [-0.2, -0.15) is 5.10 Å². The van der Waals surface area contributed by atoms with E-state index < -0.39 is 17.4 Å². The van der Waals surface area contributed by atoms with Gasteiger partial charge in [0.2, 0.25) is 5.91 Å². The molecule has 0 radical (unpaired) electrons. The Labute approximate surface area is 119 Å². The van der Waals surface area contributed by atoms with E-state index in [0.29, 0.717) is 5.69 Å². The number of anilines is 1. The highest BCUT2D eigenvalue weighted by atomic mass is 16.4. The molecule has 0 aliphatic heterocycles. The quantitative estimate of drug-likeness (QED) is 0.869. The van der Waals surface area contributed by atoms with Crippen LogP contribution in [0.2, 0.25) is 0 Å². The zero-order valence-electron chi connectivity index (χ0n) is 11.2. The molecule has 0 atom stereocenters. The molecule has 7 heteroatoms. The molecule has 0 aliphatic rings. The van der Waals surface area contributed by atoms with Crippen LogP contribution in [0.4, 0.5) is 5.69 Å². The number of carboxylic acids is 1. The smallest absolute Gasteiger partial charge is 0.356 e. The number of aromatic nitrogens is 2. The molecule has 2 aromatic rings. The van der Waals surface area contributed by atoms with Gasteiger partial charge in [0.15, 0.2) is 5.69 Å². The van der Waals surface area contributed by atoms with Gasteiger partial charge in [0.05, 0.1) is 0 Å². The number of hydrogen-bond acceptors (Lipinski definition) is 4. The van der Waals surface area contributed by atoms with Crippen LogP contribution in [0.1, 0.15) is 16.1 Å². The number of amides is 1. The summed E-state index contributed by atoms with van der Waals surface area (Å²) in [4.78, 5) is 34.2. The second-order valence-corrected chi connectivity index (χ2v) is 4.43. The highest BCUT2D eigenvalue weighted by Gasteiger charge is 2.10. The number of rotatable bonds is 4. The van der Waals surface area contributed by atoms with Crippen molar-refractivity contribution in [3.63, 3.8) is 0 Å². The average molecular weight is 287 g/mol. The first-order valence-electron chi connectivity index (χ1n) is 6.14. The van der Waals surface area contributed by atoms with Gasteiger partial charge in [0.1, 0.15) is 6.54 Å². The highest BCUT2D eigenvalue weighted by Crippen LogP contribution is 2.08. The lowest BCUT2D eigenvalue weighted by molar-refractivity contribution is -0.117. The molecule has 7 nitrogen and oxygen atoms in total. The van der Waals surface area contributed by atoms with Gasteiger partial charge in [-0.05, 0) is 25.1 Å². The van der Waals surface area contributed by atoms with E-state index >= 15 is 0 Å². The fourth-order valence-electron chi connectivity index (χ4n) is 1.65. The molecule has 108 valence electrons. The van der Waals surface area contributed by atoms with Crippen molar-refractivity contribution >= 4 is 17.6 Å². The lowest BCUT2D eigenvalue weighted by atomic mass is 10.2. The molecule has 0 saturated heterocycles. The number of aryl methyl sites for hydroxylation is 1. The number of nitrogens with one attached hydrogen (secondary N) is 1. The number of benzene rings is 1. The Morgan fingerprint density at radius 3 is 2.48 bits per heavy atom. The molecule has 0 bridgehead atoms. The van der Waals surface area contributed by atoms with Crippen molar-refractivity contribution in [2.75, 3.05) is 5.32 Å². The summed E-state index contributed by atoms with van der Waals surface area (Å²) < 4.78 is 0.812. The van der Waals surface area contributed by atoms with E-state index in [0.717, 1.165) is 22.4 Å². The summed E-state index contributed by atoms with van der Waals surface area (Å²) in [6.07, 6.45) is 0. The summed E-state index contributed by atoms with van der Waals surface area (Å²) in [7, 11) is 0. The van der Waals surface area contributed by atoms with E-state index in [1.807, 2.05) is 19.1 Å². The van der Waals surface area contributed by atoms with Crippen molar-refractivity contribution < 1.29 is 14.7 Å². The largest absolute Gasteiger partial charge is 0.476 e. The third-order valence-electron chi connectivity index (χ3n) is 2.71. The Balaban J connectivity index is 2.12. The average Bonchev–Trinajstić information content (AvgIpc) is 2.43. The minimum atomic E-state index is -1.26. The van der Waals surface area contributed by atoms with Crippen LogP contribution in [-0.4, -0.2) is 26.8 Å². The third kappa shape index (κ3) is 3.75. The first-order chi connectivity index (χ1) is 9.95. The van der Waals surface area contributed by atoms with Crippen LogP contribution in [0.3, 0.4) is 0 Å². The molecule has 1 aromatic carbocycles. The minimum Gasteiger partial charge on any atom is -0.476 e. The van der Waals surface area contributed by atoms with Gasteiger partial charge in [-0.25, -0.2) is 9.48 Å². The van der Waals surface area contributed by atoms with Gasteiger partial charge >= 0.3 is 5.97 Å². The van der Waals surface area contributed by atoms with Crippen molar-refractivity contribution in [1.29, 1.82) is 0 Å². The van der Waals surface area contributed by atoms with E-state index in [1.165, 1.54) is 0 Å². The lowest BCUT2D eigenvalue weighted by Crippen LogP contribution is -2.30. The number of carbonyl (C=O) groups excluding carboxylic acids is 1. The molecular formula is C14H13N3O4. The van der Waals surface area contributed by atoms with E-state index in [9.17, 15) is 14.4 Å². The highest BCUT2D eigenvalue weighted by molar-refractivity contribution is 5.90. The van der Waals surface area contributed by atoms with Crippen LogP contribution in [0.15, 0.2) is 41.2 Å². The fourth-order valence-corrected chi connectivity index (χ4v) is 1.65. The Kier molecular flexibility index (Phi) is 4.13. The van der Waals surface area contributed by atoms with E-state index in [2.05, 4.69) is 10.4 Å². The SMILES string of the molecule is Cc1ccc(NC(=O)Cn2nc(C(=O)O)ccc2=O)cc1. The van der Waals surface area contributed by atoms with Gasteiger partial charge in [-0.1, -0.05) is 17.7 Å². The Bertz CT molecular complexity index is 735. The summed E-state index contributed by atoms with van der Waals surface area (Å²) in [6, 6.07) is 9.30. The predicted molar refractivity (Wildman–Crippen MR) is 75.3 cm³/mol. The van der Waals surface area contributed by atoms with Crippen molar-refractivity contribution in [1.82, 2.24) is 9.78 Å². The van der Waals surface area contributed by atoms with Crippen molar-refractivity contribution in [2.24, 2.45) is 0 Å². The number of aromatic carboxylic acids is 1. The zero-order chi connectivity index (χ0) is 15.4. The maximum Gasteiger partial charge on any atom is 0.356 e. The normalized spacial score (nSPS) is 10.1. The van der Waals surface area contributed by atoms with Crippen LogP contribution >= 0.6 is 0 Å². The van der Waals surface area contributed by atoms with Gasteiger partial charge in [0, 0.05) is 11.8 Å². The van der Waals surface area contributed by atoms with Gasteiger partial charge in [0.25, 0.3) is 5.56 Å². The predicted octanol–water partition coefficient (Wildman–Crippen LogP) is 0.889. The number of hydrogen-bond donors (Lipinski definition) is 2. The molecule has 0 saturated carbocycles. The second kappa shape index (κ2) is 6.00. The molecule has 2 rings (SSSR count). The fraction of sp³-hybridized carbons (Fsp3) is 0.143. The summed E-state index contributed by atoms with van der Waals surface area (Å²) in [5, 5.41) is 15.0. The number of nitrogens with zero attached hydrogens (tertiary/aromatic N) is 2. The van der Waals surface area contributed by atoms with Gasteiger partial charge in [-0.3, -0.25) is 9.59 Å². The van der Waals surface area contributed by atoms with Crippen molar-refractivity contribution in [3.8, 4) is 0 Å². The summed E-state index contributed by atoms with van der Waals surface area (Å²) in [6.45, 7) is 1.57. The van der Waals surface area contributed by atoms with E-state index in [4.69, 9.17) is 5.11 Å². The molecule has 1 amide bonds. The molecular weight excluding hydrogens is 274 g/mol. The molecule has 0 unspecified atom stereocenters. The monoisotopic (exact) mass is 287 g/mol. The molecule has 21 heavy (non-hydrogen) atoms. The molecule has 2 N–H and O–H groups in total. The van der Waals surface area contributed by atoms with Crippen LogP contribution < -0.4 is 10.9 Å². The van der Waals surface area contributed by atoms with Crippen LogP contribution in [0, 0.1) is 6.92 Å². The topological polar surface area (TPSA) is 101 Å². The molecule has 1 heterocycles. The lowest BCUT2D eigenvalue weighted by Gasteiger charge is -2.07. The van der Waals surface area contributed by atoms with Gasteiger partial charge in [-0.15, -0.1) is 0 Å². The third-order valence-corrected chi connectivity index (χ3v) is 2.71. The minimum absolute atomic E-state index is 0.294. The standard InChI is InChI=1S/C14H13N3O4/c1-9-2-4-10(5-3-9)15-12(18)8-17-13(19)7-6-11(16-17)14(20)21/h2-7H,8H2,1H3,(H,15,18)(H,20,21). The van der Waals surface area contributed by atoms with Gasteiger partial charge < -0.3 is 10.4 Å². The first kappa shape index (κ1) is 14.4. The van der Waals surface area contributed by atoms with Crippen LogP contribution in [0.5, 0.6) is 0 Å². The second-order valence-electron chi connectivity index (χ2n) is 4.43. The summed E-state index contributed by atoms with van der Waals surface area (Å²) >= 11 is 0. The Hall–Kier alpha value is -2.96. The summed E-state index contributed by atoms with van der Waals surface area (Å²) in [5.41, 5.74) is 0.810. The number of carboxylic acid groups (broad SMARTS) is 1.